The van der Waals surface area contributed by atoms with Gasteiger partial charge in [-0.25, -0.2) is 0 Å². The van der Waals surface area contributed by atoms with Crippen molar-refractivity contribution in [3.63, 3.8) is 0 Å². The Balaban J connectivity index is 2.04. The maximum absolute atomic E-state index is 5.54. The molecular formula is C22H26N2O4. The van der Waals surface area contributed by atoms with Gasteiger partial charge in [0.15, 0.2) is 0 Å². The normalized spacial score (nSPS) is 18.8. The smallest absolute Gasteiger partial charge is 0.128 e. The van der Waals surface area contributed by atoms with Crippen molar-refractivity contribution in [1.29, 1.82) is 0 Å². The minimum Gasteiger partial charge on any atom is -0.497 e. The van der Waals surface area contributed by atoms with Crippen molar-refractivity contribution in [3.05, 3.63) is 47.5 Å². The summed E-state index contributed by atoms with van der Waals surface area (Å²) in [5.74, 6) is 3.00. The fraction of sp³-hybridized carbons (Fsp3) is 0.364. The third-order valence-electron chi connectivity index (χ3n) is 4.82. The van der Waals surface area contributed by atoms with E-state index in [1.807, 2.05) is 50.2 Å². The highest BCUT2D eigenvalue weighted by Gasteiger charge is 2.27. The van der Waals surface area contributed by atoms with Crippen molar-refractivity contribution in [2.75, 3.05) is 28.4 Å². The van der Waals surface area contributed by atoms with Crippen molar-refractivity contribution >= 4 is 11.4 Å². The Kier molecular flexibility index (Phi) is 5.87. The van der Waals surface area contributed by atoms with E-state index in [4.69, 9.17) is 28.9 Å². The summed E-state index contributed by atoms with van der Waals surface area (Å²) in [6, 6.07) is 11.1. The van der Waals surface area contributed by atoms with Gasteiger partial charge < -0.3 is 18.9 Å². The Hall–Kier alpha value is -3.02. The monoisotopic (exact) mass is 382 g/mol. The summed E-state index contributed by atoms with van der Waals surface area (Å²) < 4.78 is 21.8. The van der Waals surface area contributed by atoms with E-state index in [1.54, 1.807) is 28.4 Å². The Morgan fingerprint density at radius 1 is 0.607 bits per heavy atom. The van der Waals surface area contributed by atoms with Crippen LogP contribution in [0.1, 0.15) is 25.0 Å². The lowest BCUT2D eigenvalue weighted by atomic mass is 9.96. The Morgan fingerprint density at radius 3 is 1.32 bits per heavy atom. The molecule has 0 spiro atoms. The summed E-state index contributed by atoms with van der Waals surface area (Å²) in [6.45, 7) is 4.05. The highest BCUT2D eigenvalue weighted by molar-refractivity contribution is 6.15. The van der Waals surface area contributed by atoms with E-state index < -0.39 is 0 Å². The van der Waals surface area contributed by atoms with Crippen LogP contribution in [0, 0.1) is 0 Å². The van der Waals surface area contributed by atoms with Crippen molar-refractivity contribution in [3.8, 4) is 23.0 Å². The van der Waals surface area contributed by atoms with Crippen LogP contribution in [0.5, 0.6) is 23.0 Å². The second-order valence-corrected chi connectivity index (χ2v) is 6.51. The van der Waals surface area contributed by atoms with Crippen LogP contribution in [0.2, 0.25) is 0 Å². The molecular weight excluding hydrogens is 356 g/mol. The Bertz CT molecular complexity index is 845. The molecule has 6 heteroatoms. The van der Waals surface area contributed by atoms with Crippen molar-refractivity contribution in [2.45, 2.75) is 25.9 Å². The molecule has 148 valence electrons. The largest absolute Gasteiger partial charge is 0.497 e. The summed E-state index contributed by atoms with van der Waals surface area (Å²) >= 11 is 0. The van der Waals surface area contributed by atoms with Gasteiger partial charge >= 0.3 is 0 Å². The fourth-order valence-corrected chi connectivity index (χ4v) is 3.37. The van der Waals surface area contributed by atoms with Crippen LogP contribution < -0.4 is 18.9 Å². The molecule has 0 aliphatic carbocycles. The lowest BCUT2D eigenvalue weighted by Gasteiger charge is -2.25. The molecule has 0 bridgehead atoms. The molecule has 3 rings (SSSR count). The van der Waals surface area contributed by atoms with Crippen LogP contribution in [0.3, 0.4) is 0 Å². The summed E-state index contributed by atoms with van der Waals surface area (Å²) in [5, 5.41) is 0. The average molecular weight is 382 g/mol. The summed E-state index contributed by atoms with van der Waals surface area (Å²) in [7, 11) is 6.59. The van der Waals surface area contributed by atoms with Crippen LogP contribution in [0.4, 0.5) is 0 Å². The van der Waals surface area contributed by atoms with Gasteiger partial charge in [-0.2, -0.15) is 0 Å². The quantitative estimate of drug-likeness (QED) is 0.763. The van der Waals surface area contributed by atoms with E-state index in [-0.39, 0.29) is 12.1 Å². The Labute approximate surface area is 165 Å². The molecule has 1 aliphatic rings. The highest BCUT2D eigenvalue weighted by atomic mass is 16.5. The zero-order chi connectivity index (χ0) is 20.3. The molecule has 2 unspecified atom stereocenters. The predicted molar refractivity (Wildman–Crippen MR) is 111 cm³/mol. The second kappa shape index (κ2) is 8.33. The molecule has 6 nitrogen and oxygen atoms in total. The van der Waals surface area contributed by atoms with Crippen LogP contribution in [-0.2, 0) is 0 Å². The van der Waals surface area contributed by atoms with Gasteiger partial charge in [-0.15, -0.1) is 0 Å². The molecule has 28 heavy (non-hydrogen) atoms. The molecule has 0 aromatic heterocycles. The van der Waals surface area contributed by atoms with E-state index in [0.717, 1.165) is 45.5 Å². The summed E-state index contributed by atoms with van der Waals surface area (Å²) in [6.07, 6.45) is 0. The number of aliphatic imine (C=N–C) groups is 2. The number of ether oxygens (including phenoxy) is 4. The number of methoxy groups -OCH3 is 4. The lowest BCUT2D eigenvalue weighted by Crippen LogP contribution is -2.31. The van der Waals surface area contributed by atoms with E-state index in [0.29, 0.717) is 0 Å². The first-order chi connectivity index (χ1) is 13.5. The lowest BCUT2D eigenvalue weighted by molar-refractivity contribution is 0.402. The van der Waals surface area contributed by atoms with Gasteiger partial charge in [0, 0.05) is 11.1 Å². The van der Waals surface area contributed by atoms with Crippen LogP contribution in [0.15, 0.2) is 46.4 Å². The SMILES string of the molecule is COc1ccc(OC)c(C2=NC(C)C(c3cc(OC)ccc3OC)=NC2C)c1. The third kappa shape index (κ3) is 3.67. The summed E-state index contributed by atoms with van der Waals surface area (Å²) in [5.41, 5.74) is 3.52. The second-order valence-electron chi connectivity index (χ2n) is 6.51. The molecule has 2 atom stereocenters. The van der Waals surface area contributed by atoms with Gasteiger partial charge in [-0.3, -0.25) is 9.98 Å². The van der Waals surface area contributed by atoms with Crippen molar-refractivity contribution < 1.29 is 18.9 Å². The molecule has 0 N–H and O–H groups in total. The Morgan fingerprint density at radius 2 is 1.00 bits per heavy atom. The van der Waals surface area contributed by atoms with E-state index >= 15 is 0 Å². The average Bonchev–Trinajstić information content (AvgIpc) is 2.74. The third-order valence-corrected chi connectivity index (χ3v) is 4.82. The molecule has 0 saturated heterocycles. The van der Waals surface area contributed by atoms with Crippen LogP contribution >= 0.6 is 0 Å². The number of nitrogens with zero attached hydrogens (tertiary/aromatic N) is 2. The topological polar surface area (TPSA) is 61.6 Å². The summed E-state index contributed by atoms with van der Waals surface area (Å²) in [4.78, 5) is 9.92. The predicted octanol–water partition coefficient (Wildman–Crippen LogP) is 3.79. The zero-order valence-corrected chi connectivity index (χ0v) is 17.1. The van der Waals surface area contributed by atoms with Gasteiger partial charge in [0.05, 0.1) is 51.9 Å². The van der Waals surface area contributed by atoms with Crippen molar-refractivity contribution in [1.82, 2.24) is 0 Å². The number of benzene rings is 2. The molecule has 0 fully saturated rings. The van der Waals surface area contributed by atoms with Crippen LogP contribution in [-0.4, -0.2) is 51.9 Å². The molecule has 1 heterocycles. The number of hydrogen-bond donors (Lipinski definition) is 0. The van der Waals surface area contributed by atoms with Gasteiger partial charge in [0.1, 0.15) is 23.0 Å². The highest BCUT2D eigenvalue weighted by Crippen LogP contribution is 2.31. The first-order valence-corrected chi connectivity index (χ1v) is 9.12. The van der Waals surface area contributed by atoms with Crippen molar-refractivity contribution in [2.24, 2.45) is 9.98 Å². The molecule has 2 aromatic carbocycles. The van der Waals surface area contributed by atoms with E-state index in [2.05, 4.69) is 0 Å². The van der Waals surface area contributed by atoms with E-state index in [1.165, 1.54) is 0 Å². The first-order valence-electron chi connectivity index (χ1n) is 9.12. The molecule has 1 aliphatic heterocycles. The molecule has 0 radical (unpaired) electrons. The zero-order valence-electron chi connectivity index (χ0n) is 17.1. The maximum atomic E-state index is 5.54. The number of rotatable bonds is 6. The van der Waals surface area contributed by atoms with Gasteiger partial charge in [-0.1, -0.05) is 0 Å². The maximum Gasteiger partial charge on any atom is 0.128 e. The molecule has 0 amide bonds. The minimum atomic E-state index is -0.150. The number of hydrogen-bond acceptors (Lipinski definition) is 6. The van der Waals surface area contributed by atoms with Crippen LogP contribution in [0.25, 0.3) is 0 Å². The first kappa shape index (κ1) is 19.7. The van der Waals surface area contributed by atoms with Gasteiger partial charge in [-0.05, 0) is 50.2 Å². The van der Waals surface area contributed by atoms with Gasteiger partial charge in [0.25, 0.3) is 0 Å². The molecule has 2 aromatic rings. The minimum absolute atomic E-state index is 0.150. The standard InChI is InChI=1S/C22H26N2O4/c1-13-21(17-11-15(25-3)7-9-19(17)27-5)24-14(2)22(23-13)18-12-16(26-4)8-10-20(18)28-6/h7-14H,1-6H3. The fourth-order valence-electron chi connectivity index (χ4n) is 3.37. The molecule has 0 saturated carbocycles. The van der Waals surface area contributed by atoms with E-state index in [9.17, 15) is 0 Å². The van der Waals surface area contributed by atoms with Gasteiger partial charge in [0.2, 0.25) is 0 Å².